The molecule has 0 radical (unpaired) electrons. The van der Waals surface area contributed by atoms with E-state index in [9.17, 15) is 0 Å². The molecular weight excluding hydrogens is 531 g/mol. The number of para-hydroxylation sites is 2. The van der Waals surface area contributed by atoms with Crippen LogP contribution in [0.15, 0.2) is 150 Å². The lowest BCUT2D eigenvalue weighted by molar-refractivity contribution is 0.715. The molecule has 0 unspecified atom stereocenters. The van der Waals surface area contributed by atoms with E-state index in [4.69, 9.17) is 17.7 Å². The molecule has 3 nitrogen and oxygen atoms in total. The SMILES string of the molecule is Sc1cc2c3ccccc3n(-c3ccc(Cn4nc(-c5ccccc5)c5ccccc54)cc3)c2cc1-c1ccccc1. The highest BCUT2D eigenvalue weighted by Gasteiger charge is 2.16. The lowest BCUT2D eigenvalue weighted by atomic mass is 10.0. The second kappa shape index (κ2) is 10.1. The van der Waals surface area contributed by atoms with Crippen molar-refractivity contribution in [2.24, 2.45) is 0 Å². The number of aromatic nitrogens is 3. The summed E-state index contributed by atoms with van der Waals surface area (Å²) in [5.74, 6) is 0. The molecule has 0 aliphatic heterocycles. The highest BCUT2D eigenvalue weighted by molar-refractivity contribution is 7.80. The van der Waals surface area contributed by atoms with Gasteiger partial charge in [-0.1, -0.05) is 109 Å². The molecule has 2 heterocycles. The van der Waals surface area contributed by atoms with Crippen LogP contribution in [0.2, 0.25) is 0 Å². The van der Waals surface area contributed by atoms with Gasteiger partial charge < -0.3 is 4.57 Å². The van der Waals surface area contributed by atoms with E-state index in [1.54, 1.807) is 0 Å². The zero-order chi connectivity index (χ0) is 28.0. The molecule has 8 rings (SSSR count). The summed E-state index contributed by atoms with van der Waals surface area (Å²) in [5, 5.41) is 8.66. The van der Waals surface area contributed by atoms with E-state index in [1.165, 1.54) is 32.8 Å². The standard InChI is InChI=1S/C38H27N3S/c42-37-24-33-30-15-7-10-18-35(30)41(36(33)23-32(37)27-11-3-1-4-12-27)29-21-19-26(20-22-29)25-40-34-17-9-8-16-31(34)38(39-40)28-13-5-2-6-14-28/h1-24,42H,25H2. The van der Waals surface area contributed by atoms with Crippen molar-refractivity contribution < 1.29 is 0 Å². The number of thiol groups is 1. The van der Waals surface area contributed by atoms with Gasteiger partial charge in [0.1, 0.15) is 5.69 Å². The van der Waals surface area contributed by atoms with Crippen LogP contribution in [0.5, 0.6) is 0 Å². The Kier molecular flexibility index (Phi) is 5.94. The molecule has 0 spiro atoms. The molecule has 42 heavy (non-hydrogen) atoms. The molecule has 200 valence electrons. The smallest absolute Gasteiger partial charge is 0.100 e. The summed E-state index contributed by atoms with van der Waals surface area (Å²) >= 11 is 4.90. The van der Waals surface area contributed by atoms with Gasteiger partial charge in [0.15, 0.2) is 0 Å². The number of nitrogens with zero attached hydrogens (tertiary/aromatic N) is 3. The normalized spacial score (nSPS) is 11.5. The minimum atomic E-state index is 0.696. The first-order chi connectivity index (χ1) is 20.7. The molecule has 0 atom stereocenters. The average Bonchev–Trinajstić information content (AvgIpc) is 3.57. The molecule has 0 N–H and O–H groups in total. The summed E-state index contributed by atoms with van der Waals surface area (Å²) < 4.78 is 4.48. The first-order valence-electron chi connectivity index (χ1n) is 14.2. The monoisotopic (exact) mass is 557 g/mol. The molecule has 0 aliphatic rings. The van der Waals surface area contributed by atoms with Gasteiger partial charge in [0, 0.05) is 32.3 Å². The Hall–Kier alpha value is -5.06. The maximum atomic E-state index is 5.06. The molecule has 0 fully saturated rings. The highest BCUT2D eigenvalue weighted by Crippen LogP contribution is 2.38. The molecule has 0 saturated carbocycles. The van der Waals surface area contributed by atoms with E-state index in [0.29, 0.717) is 6.54 Å². The van der Waals surface area contributed by atoms with E-state index in [-0.39, 0.29) is 0 Å². The molecule has 6 aromatic carbocycles. The Morgan fingerprint density at radius 1 is 0.524 bits per heavy atom. The predicted molar refractivity (Wildman–Crippen MR) is 178 cm³/mol. The molecule has 8 aromatic rings. The van der Waals surface area contributed by atoms with Gasteiger partial charge in [0.05, 0.1) is 23.1 Å². The van der Waals surface area contributed by atoms with Crippen molar-refractivity contribution in [3.8, 4) is 28.1 Å². The first kappa shape index (κ1) is 24.7. The Morgan fingerprint density at radius 2 is 1.14 bits per heavy atom. The van der Waals surface area contributed by atoms with Gasteiger partial charge in [-0.15, -0.1) is 12.6 Å². The number of hydrogen-bond donors (Lipinski definition) is 1. The Morgan fingerprint density at radius 3 is 1.88 bits per heavy atom. The Balaban J connectivity index is 1.22. The minimum absolute atomic E-state index is 0.696. The fourth-order valence-corrected chi connectivity index (χ4v) is 6.43. The van der Waals surface area contributed by atoms with Crippen molar-refractivity contribution in [1.82, 2.24) is 14.3 Å². The number of benzene rings is 6. The number of hydrogen-bond acceptors (Lipinski definition) is 2. The number of fused-ring (bicyclic) bond motifs is 4. The molecule has 0 saturated heterocycles. The summed E-state index contributed by atoms with van der Waals surface area (Å²) in [6.45, 7) is 0.696. The van der Waals surface area contributed by atoms with Crippen LogP contribution in [-0.4, -0.2) is 14.3 Å². The van der Waals surface area contributed by atoms with Gasteiger partial charge in [-0.25, -0.2) is 0 Å². The number of rotatable bonds is 5. The molecule has 0 aliphatic carbocycles. The van der Waals surface area contributed by atoms with Gasteiger partial charge in [0.25, 0.3) is 0 Å². The topological polar surface area (TPSA) is 22.8 Å². The first-order valence-corrected chi connectivity index (χ1v) is 14.6. The Labute approximate surface area is 249 Å². The second-order valence-corrected chi connectivity index (χ2v) is 11.1. The average molecular weight is 558 g/mol. The van der Waals surface area contributed by atoms with Crippen LogP contribution in [-0.2, 0) is 6.54 Å². The third-order valence-electron chi connectivity index (χ3n) is 8.11. The molecule has 2 aromatic heterocycles. The van der Waals surface area contributed by atoms with Gasteiger partial charge >= 0.3 is 0 Å². The van der Waals surface area contributed by atoms with Crippen molar-refractivity contribution in [2.45, 2.75) is 11.4 Å². The molecule has 0 amide bonds. The van der Waals surface area contributed by atoms with Gasteiger partial charge in [-0.05, 0) is 53.1 Å². The van der Waals surface area contributed by atoms with Crippen LogP contribution in [0.25, 0.3) is 60.8 Å². The third-order valence-corrected chi connectivity index (χ3v) is 8.48. The van der Waals surface area contributed by atoms with E-state index in [1.807, 2.05) is 12.1 Å². The molecular formula is C38H27N3S. The van der Waals surface area contributed by atoms with Crippen LogP contribution in [0.1, 0.15) is 5.56 Å². The maximum Gasteiger partial charge on any atom is 0.100 e. The van der Waals surface area contributed by atoms with Crippen molar-refractivity contribution >= 4 is 45.3 Å². The van der Waals surface area contributed by atoms with Crippen LogP contribution >= 0.6 is 12.6 Å². The van der Waals surface area contributed by atoms with Crippen molar-refractivity contribution in [3.63, 3.8) is 0 Å². The van der Waals surface area contributed by atoms with Crippen molar-refractivity contribution in [1.29, 1.82) is 0 Å². The predicted octanol–water partition coefficient (Wildman–Crippen LogP) is 9.80. The summed E-state index contributed by atoms with van der Waals surface area (Å²) in [5.41, 5.74) is 10.3. The Bertz CT molecular complexity index is 2210. The summed E-state index contributed by atoms with van der Waals surface area (Å²) in [7, 11) is 0. The quantitative estimate of drug-likeness (QED) is 0.209. The van der Waals surface area contributed by atoms with Crippen LogP contribution < -0.4 is 0 Å². The van der Waals surface area contributed by atoms with Gasteiger partial charge in [-0.2, -0.15) is 5.10 Å². The fraction of sp³-hybridized carbons (Fsp3) is 0.0263. The van der Waals surface area contributed by atoms with E-state index < -0.39 is 0 Å². The summed E-state index contributed by atoms with van der Waals surface area (Å²) in [6, 6.07) is 51.4. The summed E-state index contributed by atoms with van der Waals surface area (Å²) in [4.78, 5) is 0.980. The highest BCUT2D eigenvalue weighted by atomic mass is 32.1. The van der Waals surface area contributed by atoms with Crippen LogP contribution in [0.4, 0.5) is 0 Å². The summed E-state index contributed by atoms with van der Waals surface area (Å²) in [6.07, 6.45) is 0. The molecule has 4 heteroatoms. The maximum absolute atomic E-state index is 5.06. The zero-order valence-corrected chi connectivity index (χ0v) is 23.7. The minimum Gasteiger partial charge on any atom is -0.309 e. The van der Waals surface area contributed by atoms with Crippen molar-refractivity contribution in [2.75, 3.05) is 0 Å². The van der Waals surface area contributed by atoms with Crippen LogP contribution in [0.3, 0.4) is 0 Å². The van der Waals surface area contributed by atoms with Crippen molar-refractivity contribution in [3.05, 3.63) is 151 Å². The van der Waals surface area contributed by atoms with E-state index in [2.05, 4.69) is 143 Å². The second-order valence-electron chi connectivity index (χ2n) is 10.7. The molecule has 0 bridgehead atoms. The van der Waals surface area contributed by atoms with Gasteiger partial charge in [0.2, 0.25) is 0 Å². The van der Waals surface area contributed by atoms with Crippen LogP contribution in [0, 0.1) is 0 Å². The zero-order valence-electron chi connectivity index (χ0n) is 22.9. The van der Waals surface area contributed by atoms with E-state index in [0.717, 1.165) is 38.5 Å². The lowest BCUT2D eigenvalue weighted by Crippen LogP contribution is -2.02. The van der Waals surface area contributed by atoms with Gasteiger partial charge in [-0.3, -0.25) is 4.68 Å². The fourth-order valence-electron chi connectivity index (χ4n) is 6.11. The largest absolute Gasteiger partial charge is 0.309 e. The lowest BCUT2D eigenvalue weighted by Gasteiger charge is -2.12. The van der Waals surface area contributed by atoms with E-state index >= 15 is 0 Å². The third kappa shape index (κ3) is 4.11.